The van der Waals surface area contributed by atoms with Gasteiger partial charge in [0.05, 0.1) is 13.5 Å². The van der Waals surface area contributed by atoms with Crippen molar-refractivity contribution in [3.8, 4) is 0 Å². The molecule has 152 valence electrons. The molecule has 2 aromatic rings. The normalized spacial score (nSPS) is 16.2. The second-order valence-corrected chi connectivity index (χ2v) is 7.08. The van der Waals surface area contributed by atoms with Crippen molar-refractivity contribution < 1.29 is 19.1 Å². The Labute approximate surface area is 169 Å². The summed E-state index contributed by atoms with van der Waals surface area (Å²) < 4.78 is 4.85. The predicted octanol–water partition coefficient (Wildman–Crippen LogP) is 2.62. The molecule has 0 bridgehead atoms. The highest BCUT2D eigenvalue weighted by Crippen LogP contribution is 2.22. The summed E-state index contributed by atoms with van der Waals surface area (Å²) in [5, 5.41) is 2.82. The van der Waals surface area contributed by atoms with Crippen LogP contribution in [0.2, 0.25) is 0 Å². The lowest BCUT2D eigenvalue weighted by atomic mass is 10.0. The van der Waals surface area contributed by atoms with E-state index in [0.717, 1.165) is 18.4 Å². The van der Waals surface area contributed by atoms with Crippen LogP contribution in [0, 0.1) is 0 Å². The van der Waals surface area contributed by atoms with Crippen LogP contribution in [-0.2, 0) is 20.7 Å². The number of amides is 2. The third kappa shape index (κ3) is 5.13. The summed E-state index contributed by atoms with van der Waals surface area (Å²) in [6.07, 6.45) is 2.52. The number of ether oxygens (including phenoxy) is 1. The number of nitrogens with two attached hydrogens (primary N) is 1. The molecule has 2 aromatic carbocycles. The number of benzene rings is 2. The van der Waals surface area contributed by atoms with E-state index in [-0.39, 0.29) is 18.2 Å². The molecule has 3 rings (SSSR count). The monoisotopic (exact) mass is 395 g/mol. The number of anilines is 2. The summed E-state index contributed by atoms with van der Waals surface area (Å²) in [7, 11) is 1.33. The number of carbonyl (C=O) groups is 3. The van der Waals surface area contributed by atoms with Crippen molar-refractivity contribution >= 4 is 29.2 Å². The SMILES string of the molecule is COC(=O)C1CCCCN1C(=O)c1cccc(NC(=O)Cc2ccc(N)cc2)c1. The lowest BCUT2D eigenvalue weighted by Crippen LogP contribution is -2.48. The fraction of sp³-hybridized carbons (Fsp3) is 0.318. The summed E-state index contributed by atoms with van der Waals surface area (Å²) in [6, 6.07) is 13.3. The highest BCUT2D eigenvalue weighted by molar-refractivity contribution is 5.99. The van der Waals surface area contributed by atoms with Gasteiger partial charge in [-0.25, -0.2) is 4.79 Å². The number of nitrogens with zero attached hydrogens (tertiary/aromatic N) is 1. The molecule has 1 unspecified atom stereocenters. The third-order valence-corrected chi connectivity index (χ3v) is 4.97. The van der Waals surface area contributed by atoms with Gasteiger partial charge in [0.25, 0.3) is 5.91 Å². The number of hydrogen-bond acceptors (Lipinski definition) is 5. The quantitative estimate of drug-likeness (QED) is 0.599. The highest BCUT2D eigenvalue weighted by atomic mass is 16.5. The van der Waals surface area contributed by atoms with Crippen molar-refractivity contribution in [1.29, 1.82) is 0 Å². The lowest BCUT2D eigenvalue weighted by molar-refractivity contribution is -0.147. The Balaban J connectivity index is 1.69. The Kier molecular flexibility index (Phi) is 6.49. The van der Waals surface area contributed by atoms with Crippen LogP contribution in [0.1, 0.15) is 35.2 Å². The molecule has 7 heteroatoms. The molecule has 1 atom stereocenters. The molecule has 1 aliphatic rings. The maximum Gasteiger partial charge on any atom is 0.328 e. The predicted molar refractivity (Wildman–Crippen MR) is 110 cm³/mol. The van der Waals surface area contributed by atoms with Crippen molar-refractivity contribution in [1.82, 2.24) is 4.90 Å². The number of esters is 1. The van der Waals surface area contributed by atoms with E-state index in [1.807, 2.05) is 0 Å². The standard InChI is InChI=1S/C22H25N3O4/c1-29-22(28)19-7-2-3-12-25(19)21(27)16-5-4-6-18(14-16)24-20(26)13-15-8-10-17(23)11-9-15/h4-6,8-11,14,19H,2-3,7,12-13,23H2,1H3,(H,24,26). The lowest BCUT2D eigenvalue weighted by Gasteiger charge is -2.33. The summed E-state index contributed by atoms with van der Waals surface area (Å²) in [5.41, 5.74) is 8.10. The van der Waals surface area contributed by atoms with E-state index in [0.29, 0.717) is 29.9 Å². The first kappa shape index (κ1) is 20.4. The maximum atomic E-state index is 13.0. The van der Waals surface area contributed by atoms with E-state index in [4.69, 9.17) is 10.5 Å². The minimum Gasteiger partial charge on any atom is -0.467 e. The van der Waals surface area contributed by atoms with Crippen LogP contribution in [0.3, 0.4) is 0 Å². The first-order chi connectivity index (χ1) is 14.0. The molecule has 0 aromatic heterocycles. The fourth-order valence-corrected chi connectivity index (χ4v) is 3.48. The van der Waals surface area contributed by atoms with Crippen LogP contribution >= 0.6 is 0 Å². The van der Waals surface area contributed by atoms with Crippen LogP contribution in [0.15, 0.2) is 48.5 Å². The number of hydrogen-bond donors (Lipinski definition) is 2. The fourth-order valence-electron chi connectivity index (χ4n) is 3.48. The molecule has 29 heavy (non-hydrogen) atoms. The summed E-state index contributed by atoms with van der Waals surface area (Å²) >= 11 is 0. The molecule has 1 fully saturated rings. The minimum absolute atomic E-state index is 0.190. The van der Waals surface area contributed by atoms with Crippen LogP contribution in [0.4, 0.5) is 11.4 Å². The molecule has 3 N–H and O–H groups in total. The van der Waals surface area contributed by atoms with Crippen molar-refractivity contribution in [2.24, 2.45) is 0 Å². The summed E-state index contributed by atoms with van der Waals surface area (Å²) in [6.45, 7) is 0.506. The first-order valence-electron chi connectivity index (χ1n) is 9.61. The average molecular weight is 395 g/mol. The van der Waals surface area contributed by atoms with E-state index in [2.05, 4.69) is 5.32 Å². The second kappa shape index (κ2) is 9.23. The number of nitrogen functional groups attached to an aromatic ring is 1. The van der Waals surface area contributed by atoms with Crippen molar-refractivity contribution in [3.05, 3.63) is 59.7 Å². The van der Waals surface area contributed by atoms with Gasteiger partial charge in [0.1, 0.15) is 6.04 Å². The molecule has 0 saturated carbocycles. The van der Waals surface area contributed by atoms with Gasteiger partial charge in [-0.1, -0.05) is 18.2 Å². The minimum atomic E-state index is -0.565. The highest BCUT2D eigenvalue weighted by Gasteiger charge is 2.33. The van der Waals surface area contributed by atoms with Gasteiger partial charge in [0.2, 0.25) is 5.91 Å². The number of nitrogens with one attached hydrogen (secondary N) is 1. The molecular formula is C22H25N3O4. The van der Waals surface area contributed by atoms with Crippen LogP contribution in [0.25, 0.3) is 0 Å². The smallest absolute Gasteiger partial charge is 0.328 e. The van der Waals surface area contributed by atoms with Crippen LogP contribution < -0.4 is 11.1 Å². The van der Waals surface area contributed by atoms with Gasteiger partial charge in [-0.2, -0.15) is 0 Å². The van der Waals surface area contributed by atoms with Crippen LogP contribution in [0.5, 0.6) is 0 Å². The number of piperidine rings is 1. The zero-order valence-electron chi connectivity index (χ0n) is 16.4. The van der Waals surface area contributed by atoms with Gasteiger partial charge >= 0.3 is 5.97 Å². The van der Waals surface area contributed by atoms with Crippen LogP contribution in [-0.4, -0.2) is 42.4 Å². The zero-order valence-corrected chi connectivity index (χ0v) is 16.4. The van der Waals surface area contributed by atoms with E-state index in [1.165, 1.54) is 7.11 Å². The van der Waals surface area contributed by atoms with E-state index in [1.54, 1.807) is 53.4 Å². The van der Waals surface area contributed by atoms with Crippen molar-refractivity contribution in [3.63, 3.8) is 0 Å². The van der Waals surface area contributed by atoms with Crippen molar-refractivity contribution in [2.75, 3.05) is 24.7 Å². The van der Waals surface area contributed by atoms with Gasteiger partial charge in [-0.15, -0.1) is 0 Å². The van der Waals surface area contributed by atoms with Gasteiger partial charge in [-0.05, 0) is 55.2 Å². The Bertz CT molecular complexity index is 895. The topological polar surface area (TPSA) is 102 Å². The number of likely N-dealkylation sites (tertiary alicyclic amines) is 1. The van der Waals surface area contributed by atoms with Gasteiger partial charge in [0, 0.05) is 23.5 Å². The second-order valence-electron chi connectivity index (χ2n) is 7.08. The molecule has 1 aliphatic heterocycles. The molecule has 1 heterocycles. The number of rotatable bonds is 5. The van der Waals surface area contributed by atoms with Gasteiger partial charge in [-0.3, -0.25) is 9.59 Å². The first-order valence-corrected chi connectivity index (χ1v) is 9.61. The largest absolute Gasteiger partial charge is 0.467 e. The maximum absolute atomic E-state index is 13.0. The Hall–Kier alpha value is -3.35. The molecule has 7 nitrogen and oxygen atoms in total. The summed E-state index contributed by atoms with van der Waals surface area (Å²) in [4.78, 5) is 38.9. The molecule has 2 amide bonds. The van der Waals surface area contributed by atoms with E-state index >= 15 is 0 Å². The number of carbonyl (C=O) groups excluding carboxylic acids is 3. The number of methoxy groups -OCH3 is 1. The third-order valence-electron chi connectivity index (χ3n) is 4.97. The Morgan fingerprint density at radius 2 is 1.90 bits per heavy atom. The Morgan fingerprint density at radius 1 is 1.14 bits per heavy atom. The molecule has 0 radical (unpaired) electrons. The van der Waals surface area contributed by atoms with Gasteiger partial charge in [0.15, 0.2) is 0 Å². The van der Waals surface area contributed by atoms with E-state index in [9.17, 15) is 14.4 Å². The zero-order chi connectivity index (χ0) is 20.8. The molecular weight excluding hydrogens is 370 g/mol. The summed E-state index contributed by atoms with van der Waals surface area (Å²) in [5.74, 6) is -0.828. The molecule has 0 spiro atoms. The Morgan fingerprint density at radius 3 is 2.62 bits per heavy atom. The average Bonchev–Trinajstić information content (AvgIpc) is 2.74. The van der Waals surface area contributed by atoms with Gasteiger partial charge < -0.3 is 20.7 Å². The van der Waals surface area contributed by atoms with Crippen molar-refractivity contribution in [2.45, 2.75) is 31.7 Å². The molecule has 0 aliphatic carbocycles. The van der Waals surface area contributed by atoms with E-state index < -0.39 is 12.0 Å². The molecule has 1 saturated heterocycles.